The first kappa shape index (κ1) is 24.4. The third-order valence-electron chi connectivity index (χ3n) is 4.25. The Hall–Kier alpha value is -3.88. The molecule has 0 saturated heterocycles. The summed E-state index contributed by atoms with van der Waals surface area (Å²) < 4.78 is 36.8. The van der Waals surface area contributed by atoms with Crippen molar-refractivity contribution in [2.45, 2.75) is 13.5 Å². The average Bonchev–Trinajstić information content (AvgIpc) is 2.80. The van der Waals surface area contributed by atoms with E-state index in [1.54, 1.807) is 24.3 Å². The van der Waals surface area contributed by atoms with Crippen molar-refractivity contribution in [3.05, 3.63) is 41.5 Å². The zero-order chi connectivity index (χ0) is 23.7. The van der Waals surface area contributed by atoms with Gasteiger partial charge in [-0.15, -0.1) is 0 Å². The molecule has 32 heavy (non-hydrogen) atoms. The minimum absolute atomic E-state index is 0.00206. The van der Waals surface area contributed by atoms with Crippen LogP contribution < -0.4 is 28.4 Å². The second-order valence-electron chi connectivity index (χ2n) is 6.32. The maximum absolute atomic E-state index is 12.2. The summed E-state index contributed by atoms with van der Waals surface area (Å²) in [4.78, 5) is 23.5. The molecule has 0 amide bonds. The lowest BCUT2D eigenvalue weighted by atomic mass is 10.1. The molecule has 0 saturated carbocycles. The first-order valence-corrected chi connectivity index (χ1v) is 9.44. The summed E-state index contributed by atoms with van der Waals surface area (Å²) >= 11 is 0. The molecule has 0 bridgehead atoms. The van der Waals surface area contributed by atoms with Crippen LogP contribution in [0.4, 0.5) is 0 Å². The van der Waals surface area contributed by atoms with Gasteiger partial charge in [0.2, 0.25) is 11.5 Å². The number of ether oxygens (including phenoxy) is 7. The summed E-state index contributed by atoms with van der Waals surface area (Å²) in [5.74, 6) is 1.01. The minimum atomic E-state index is -0.569. The Bertz CT molecular complexity index is 945. The summed E-state index contributed by atoms with van der Waals surface area (Å²) in [6.45, 7) is 1.27. The molecule has 9 heteroatoms. The quantitative estimate of drug-likeness (QED) is 0.309. The van der Waals surface area contributed by atoms with Crippen molar-refractivity contribution in [3.8, 4) is 34.5 Å². The van der Waals surface area contributed by atoms with Crippen LogP contribution in [0.3, 0.4) is 0 Å². The predicted molar refractivity (Wildman–Crippen MR) is 116 cm³/mol. The Kier molecular flexibility index (Phi) is 8.76. The molecular weight excluding hydrogens is 420 g/mol. The van der Waals surface area contributed by atoms with Crippen LogP contribution in [0, 0.1) is 0 Å². The van der Waals surface area contributed by atoms with E-state index in [4.69, 9.17) is 33.2 Å². The summed E-state index contributed by atoms with van der Waals surface area (Å²) in [5, 5.41) is 0. The van der Waals surface area contributed by atoms with Crippen molar-refractivity contribution in [2.75, 3.05) is 35.5 Å². The van der Waals surface area contributed by atoms with Gasteiger partial charge in [-0.3, -0.25) is 4.79 Å². The molecule has 0 heterocycles. The van der Waals surface area contributed by atoms with Gasteiger partial charge in [-0.1, -0.05) is 0 Å². The number of benzene rings is 2. The number of hydrogen-bond acceptors (Lipinski definition) is 9. The van der Waals surface area contributed by atoms with Crippen molar-refractivity contribution >= 4 is 18.0 Å². The van der Waals surface area contributed by atoms with E-state index in [0.29, 0.717) is 28.4 Å². The fourth-order valence-corrected chi connectivity index (χ4v) is 2.83. The Labute approximate surface area is 186 Å². The summed E-state index contributed by atoms with van der Waals surface area (Å²) in [6.07, 6.45) is 2.79. The molecule has 0 radical (unpaired) electrons. The van der Waals surface area contributed by atoms with Gasteiger partial charge in [-0.2, -0.15) is 0 Å². The highest BCUT2D eigenvalue weighted by molar-refractivity contribution is 5.87. The number of carbonyl (C=O) groups is 2. The summed E-state index contributed by atoms with van der Waals surface area (Å²) in [5.41, 5.74) is 1.25. The SMILES string of the molecule is COc1cc(COC(=O)C=Cc2cc(OC)c(OC(C)=O)c(OC)c2)cc(OC)c1OC. The molecule has 0 atom stereocenters. The van der Waals surface area contributed by atoms with Crippen LogP contribution in [-0.2, 0) is 20.9 Å². The zero-order valence-electron chi connectivity index (χ0n) is 18.8. The van der Waals surface area contributed by atoms with E-state index in [-0.39, 0.29) is 23.9 Å². The van der Waals surface area contributed by atoms with Crippen LogP contribution in [0.5, 0.6) is 34.5 Å². The second-order valence-corrected chi connectivity index (χ2v) is 6.32. The highest BCUT2D eigenvalue weighted by atomic mass is 16.6. The summed E-state index contributed by atoms with van der Waals surface area (Å²) in [7, 11) is 7.38. The van der Waals surface area contributed by atoms with Gasteiger partial charge in [0.05, 0.1) is 35.5 Å². The largest absolute Gasteiger partial charge is 0.493 e. The normalized spacial score (nSPS) is 10.4. The average molecular weight is 446 g/mol. The molecule has 0 spiro atoms. The molecule has 2 rings (SSSR count). The van der Waals surface area contributed by atoms with E-state index in [1.165, 1.54) is 54.6 Å². The molecule has 0 unspecified atom stereocenters. The maximum Gasteiger partial charge on any atom is 0.331 e. The summed E-state index contributed by atoms with van der Waals surface area (Å²) in [6, 6.07) is 6.59. The number of methoxy groups -OCH3 is 5. The van der Waals surface area contributed by atoms with Crippen molar-refractivity contribution in [1.82, 2.24) is 0 Å². The van der Waals surface area contributed by atoms with Crippen LogP contribution in [0.1, 0.15) is 18.1 Å². The smallest absolute Gasteiger partial charge is 0.331 e. The van der Waals surface area contributed by atoms with Gasteiger partial charge in [0.25, 0.3) is 0 Å². The molecule has 172 valence electrons. The number of carbonyl (C=O) groups excluding carboxylic acids is 2. The number of esters is 2. The molecule has 2 aromatic carbocycles. The molecule has 0 fully saturated rings. The Morgan fingerprint density at radius 2 is 1.25 bits per heavy atom. The molecule has 0 N–H and O–H groups in total. The Morgan fingerprint density at radius 1 is 0.750 bits per heavy atom. The molecule has 0 aromatic heterocycles. The van der Waals surface area contributed by atoms with Gasteiger partial charge in [0, 0.05) is 13.0 Å². The van der Waals surface area contributed by atoms with E-state index >= 15 is 0 Å². The van der Waals surface area contributed by atoms with E-state index in [9.17, 15) is 9.59 Å². The second kappa shape index (κ2) is 11.5. The topological polar surface area (TPSA) is 98.8 Å². The number of hydrogen-bond donors (Lipinski definition) is 0. The van der Waals surface area contributed by atoms with Crippen LogP contribution in [0.2, 0.25) is 0 Å². The Balaban J connectivity index is 2.15. The van der Waals surface area contributed by atoms with Crippen molar-refractivity contribution < 1.29 is 42.7 Å². The minimum Gasteiger partial charge on any atom is -0.493 e. The zero-order valence-corrected chi connectivity index (χ0v) is 18.8. The van der Waals surface area contributed by atoms with Crippen molar-refractivity contribution in [3.63, 3.8) is 0 Å². The molecule has 0 aliphatic carbocycles. The highest BCUT2D eigenvalue weighted by Crippen LogP contribution is 2.39. The molecule has 0 aliphatic rings. The lowest BCUT2D eigenvalue weighted by Gasteiger charge is -2.14. The van der Waals surface area contributed by atoms with Gasteiger partial charge >= 0.3 is 11.9 Å². The fraction of sp³-hybridized carbons (Fsp3) is 0.304. The van der Waals surface area contributed by atoms with Crippen LogP contribution >= 0.6 is 0 Å². The Morgan fingerprint density at radius 3 is 1.69 bits per heavy atom. The first-order chi connectivity index (χ1) is 15.4. The predicted octanol–water partition coefficient (Wildman–Crippen LogP) is 3.41. The fourth-order valence-electron chi connectivity index (χ4n) is 2.83. The lowest BCUT2D eigenvalue weighted by molar-refractivity contribution is -0.139. The van der Waals surface area contributed by atoms with Crippen LogP contribution in [-0.4, -0.2) is 47.5 Å². The van der Waals surface area contributed by atoms with E-state index < -0.39 is 11.9 Å². The van der Waals surface area contributed by atoms with Crippen LogP contribution in [0.15, 0.2) is 30.3 Å². The van der Waals surface area contributed by atoms with Gasteiger partial charge < -0.3 is 33.2 Å². The van der Waals surface area contributed by atoms with Crippen LogP contribution in [0.25, 0.3) is 6.08 Å². The molecule has 2 aromatic rings. The van der Waals surface area contributed by atoms with E-state index in [0.717, 1.165) is 0 Å². The molecule has 9 nitrogen and oxygen atoms in total. The third kappa shape index (κ3) is 6.07. The monoisotopic (exact) mass is 446 g/mol. The number of rotatable bonds is 10. The van der Waals surface area contributed by atoms with Crippen molar-refractivity contribution in [2.24, 2.45) is 0 Å². The van der Waals surface area contributed by atoms with E-state index in [1.807, 2.05) is 0 Å². The lowest BCUT2D eigenvalue weighted by Crippen LogP contribution is -2.05. The van der Waals surface area contributed by atoms with Gasteiger partial charge in [0.1, 0.15) is 6.61 Å². The van der Waals surface area contributed by atoms with Gasteiger partial charge in [-0.25, -0.2) is 4.79 Å². The standard InChI is InChI=1S/C23H26O9/c1-14(24)32-23-19(28-4)9-15(10-20(23)29-5)7-8-21(25)31-13-16-11-17(26-2)22(30-6)18(12-16)27-3/h7-12H,13H2,1-6H3. The van der Waals surface area contributed by atoms with Gasteiger partial charge in [-0.05, 0) is 41.5 Å². The van der Waals surface area contributed by atoms with Gasteiger partial charge in [0.15, 0.2) is 23.0 Å². The third-order valence-corrected chi connectivity index (χ3v) is 4.25. The highest BCUT2D eigenvalue weighted by Gasteiger charge is 2.16. The maximum atomic E-state index is 12.2. The molecular formula is C23H26O9. The van der Waals surface area contributed by atoms with E-state index in [2.05, 4.69) is 0 Å². The van der Waals surface area contributed by atoms with Crippen molar-refractivity contribution in [1.29, 1.82) is 0 Å². The molecule has 0 aliphatic heterocycles. The first-order valence-electron chi connectivity index (χ1n) is 9.44.